The predicted molar refractivity (Wildman–Crippen MR) is 78.2 cm³/mol. The minimum Gasteiger partial charge on any atom is -0.340 e. The summed E-state index contributed by atoms with van der Waals surface area (Å²) in [6, 6.07) is 8.16. The number of carbonyl (C=O) groups is 1. The molecule has 0 N–H and O–H groups in total. The molecule has 104 valence electrons. The third kappa shape index (κ3) is 3.80. The maximum Gasteiger partial charge on any atom is 0.227 e. The number of piperazine rings is 1. The van der Waals surface area contributed by atoms with Crippen LogP contribution in [0.4, 0.5) is 0 Å². The molecule has 1 heterocycles. The standard InChI is InChI=1S/C16H24N2O/c1-3-8-17-9-11-18(12-10-17)16(19)13-15-7-5-4-6-14(15)2/h4-7H,3,8-13H2,1-2H3. The molecule has 0 atom stereocenters. The van der Waals surface area contributed by atoms with Crippen molar-refractivity contribution in [1.82, 2.24) is 9.80 Å². The first kappa shape index (κ1) is 14.1. The van der Waals surface area contributed by atoms with Crippen molar-refractivity contribution in [2.75, 3.05) is 32.7 Å². The Bertz CT molecular complexity index is 423. The molecule has 1 amide bonds. The number of nitrogens with zero attached hydrogens (tertiary/aromatic N) is 2. The molecule has 0 radical (unpaired) electrons. The minimum absolute atomic E-state index is 0.269. The van der Waals surface area contributed by atoms with E-state index >= 15 is 0 Å². The first-order valence-corrected chi connectivity index (χ1v) is 7.25. The summed E-state index contributed by atoms with van der Waals surface area (Å²) in [7, 11) is 0. The fourth-order valence-corrected chi connectivity index (χ4v) is 2.62. The molecule has 0 saturated carbocycles. The van der Waals surface area contributed by atoms with Gasteiger partial charge in [0.1, 0.15) is 0 Å². The van der Waals surface area contributed by atoms with Gasteiger partial charge in [0.15, 0.2) is 0 Å². The van der Waals surface area contributed by atoms with Gasteiger partial charge in [0.05, 0.1) is 6.42 Å². The topological polar surface area (TPSA) is 23.6 Å². The van der Waals surface area contributed by atoms with Gasteiger partial charge in [-0.2, -0.15) is 0 Å². The van der Waals surface area contributed by atoms with Crippen molar-refractivity contribution in [3.05, 3.63) is 35.4 Å². The highest BCUT2D eigenvalue weighted by atomic mass is 16.2. The Hall–Kier alpha value is -1.35. The summed E-state index contributed by atoms with van der Waals surface area (Å²) in [6.07, 6.45) is 1.73. The van der Waals surface area contributed by atoms with Crippen molar-refractivity contribution in [3.63, 3.8) is 0 Å². The fourth-order valence-electron chi connectivity index (χ4n) is 2.62. The predicted octanol–water partition coefficient (Wildman–Crippen LogP) is 2.09. The van der Waals surface area contributed by atoms with Crippen LogP contribution < -0.4 is 0 Å². The molecule has 19 heavy (non-hydrogen) atoms. The summed E-state index contributed by atoms with van der Waals surface area (Å²) in [5.41, 5.74) is 2.36. The molecule has 1 fully saturated rings. The number of hydrogen-bond acceptors (Lipinski definition) is 2. The van der Waals surface area contributed by atoms with E-state index in [1.165, 1.54) is 12.0 Å². The Morgan fingerprint density at radius 1 is 1.16 bits per heavy atom. The molecule has 1 saturated heterocycles. The largest absolute Gasteiger partial charge is 0.340 e. The van der Waals surface area contributed by atoms with Gasteiger partial charge in [-0.15, -0.1) is 0 Å². The van der Waals surface area contributed by atoms with Gasteiger partial charge in [-0.05, 0) is 31.0 Å². The van der Waals surface area contributed by atoms with Crippen LogP contribution in [0.3, 0.4) is 0 Å². The van der Waals surface area contributed by atoms with E-state index in [0.717, 1.165) is 38.3 Å². The number of benzene rings is 1. The van der Waals surface area contributed by atoms with Crippen molar-refractivity contribution in [2.24, 2.45) is 0 Å². The van der Waals surface area contributed by atoms with Gasteiger partial charge >= 0.3 is 0 Å². The van der Waals surface area contributed by atoms with Crippen LogP contribution in [0, 0.1) is 6.92 Å². The fraction of sp³-hybridized carbons (Fsp3) is 0.562. The molecule has 1 aromatic carbocycles. The van der Waals surface area contributed by atoms with Crippen molar-refractivity contribution >= 4 is 5.91 Å². The molecule has 1 aliphatic heterocycles. The minimum atomic E-state index is 0.269. The number of rotatable bonds is 4. The summed E-state index contributed by atoms with van der Waals surface area (Å²) < 4.78 is 0. The zero-order valence-electron chi connectivity index (χ0n) is 12.1. The van der Waals surface area contributed by atoms with Crippen molar-refractivity contribution in [2.45, 2.75) is 26.7 Å². The van der Waals surface area contributed by atoms with Crippen LogP contribution in [0.5, 0.6) is 0 Å². The molecule has 0 unspecified atom stereocenters. The van der Waals surface area contributed by atoms with Gasteiger partial charge in [0.2, 0.25) is 5.91 Å². The van der Waals surface area contributed by atoms with Gasteiger partial charge < -0.3 is 4.90 Å². The maximum absolute atomic E-state index is 12.3. The van der Waals surface area contributed by atoms with E-state index in [0.29, 0.717) is 6.42 Å². The molecule has 0 aliphatic carbocycles. The zero-order chi connectivity index (χ0) is 13.7. The average molecular weight is 260 g/mol. The lowest BCUT2D eigenvalue weighted by atomic mass is 10.1. The first-order valence-electron chi connectivity index (χ1n) is 7.25. The zero-order valence-corrected chi connectivity index (χ0v) is 12.1. The van der Waals surface area contributed by atoms with E-state index in [9.17, 15) is 4.79 Å². The molecule has 3 heteroatoms. The highest BCUT2D eigenvalue weighted by Crippen LogP contribution is 2.11. The Balaban J connectivity index is 1.87. The summed E-state index contributed by atoms with van der Waals surface area (Å²) in [4.78, 5) is 16.7. The van der Waals surface area contributed by atoms with Crippen LogP contribution in [-0.4, -0.2) is 48.4 Å². The second kappa shape index (κ2) is 6.71. The lowest BCUT2D eigenvalue weighted by molar-refractivity contribution is -0.132. The van der Waals surface area contributed by atoms with E-state index in [-0.39, 0.29) is 5.91 Å². The average Bonchev–Trinajstić information content (AvgIpc) is 2.42. The number of aryl methyl sites for hydroxylation is 1. The van der Waals surface area contributed by atoms with Gasteiger partial charge in [-0.1, -0.05) is 31.2 Å². The Morgan fingerprint density at radius 2 is 1.84 bits per heavy atom. The second-order valence-corrected chi connectivity index (χ2v) is 5.33. The number of carbonyl (C=O) groups excluding carboxylic acids is 1. The third-order valence-electron chi connectivity index (χ3n) is 3.87. The molecule has 0 spiro atoms. The molecule has 3 nitrogen and oxygen atoms in total. The van der Waals surface area contributed by atoms with Crippen LogP contribution in [0.15, 0.2) is 24.3 Å². The Morgan fingerprint density at radius 3 is 2.47 bits per heavy atom. The summed E-state index contributed by atoms with van der Waals surface area (Å²) in [6.45, 7) is 9.23. The van der Waals surface area contributed by atoms with E-state index < -0.39 is 0 Å². The molecular weight excluding hydrogens is 236 g/mol. The number of amides is 1. The molecule has 2 rings (SSSR count). The van der Waals surface area contributed by atoms with Gasteiger partial charge in [-0.25, -0.2) is 0 Å². The van der Waals surface area contributed by atoms with Crippen molar-refractivity contribution in [1.29, 1.82) is 0 Å². The second-order valence-electron chi connectivity index (χ2n) is 5.33. The molecule has 0 bridgehead atoms. The number of hydrogen-bond donors (Lipinski definition) is 0. The molecule has 1 aromatic rings. The van der Waals surface area contributed by atoms with Crippen molar-refractivity contribution < 1.29 is 4.79 Å². The van der Waals surface area contributed by atoms with E-state index in [2.05, 4.69) is 30.9 Å². The van der Waals surface area contributed by atoms with Crippen molar-refractivity contribution in [3.8, 4) is 0 Å². The summed E-state index contributed by atoms with van der Waals surface area (Å²) >= 11 is 0. The van der Waals surface area contributed by atoms with Crippen LogP contribution in [0.25, 0.3) is 0 Å². The smallest absolute Gasteiger partial charge is 0.227 e. The Labute approximate surface area is 116 Å². The maximum atomic E-state index is 12.3. The highest BCUT2D eigenvalue weighted by Gasteiger charge is 2.20. The van der Waals surface area contributed by atoms with Gasteiger partial charge in [0, 0.05) is 26.2 Å². The molecule has 1 aliphatic rings. The summed E-state index contributed by atoms with van der Waals surface area (Å²) in [5.74, 6) is 0.269. The van der Waals surface area contributed by atoms with Gasteiger partial charge in [-0.3, -0.25) is 9.69 Å². The third-order valence-corrected chi connectivity index (χ3v) is 3.87. The monoisotopic (exact) mass is 260 g/mol. The lowest BCUT2D eigenvalue weighted by Crippen LogP contribution is -2.49. The van der Waals surface area contributed by atoms with E-state index in [4.69, 9.17) is 0 Å². The van der Waals surface area contributed by atoms with E-state index in [1.54, 1.807) is 0 Å². The highest BCUT2D eigenvalue weighted by molar-refractivity contribution is 5.79. The Kier molecular flexibility index (Phi) is 4.97. The molecule has 0 aromatic heterocycles. The van der Waals surface area contributed by atoms with Crippen LogP contribution in [0.1, 0.15) is 24.5 Å². The lowest BCUT2D eigenvalue weighted by Gasteiger charge is -2.34. The van der Waals surface area contributed by atoms with Crippen LogP contribution >= 0.6 is 0 Å². The van der Waals surface area contributed by atoms with Crippen LogP contribution in [0.2, 0.25) is 0 Å². The quantitative estimate of drug-likeness (QED) is 0.827. The molecular formula is C16H24N2O. The summed E-state index contributed by atoms with van der Waals surface area (Å²) in [5, 5.41) is 0. The van der Waals surface area contributed by atoms with Gasteiger partial charge in [0.25, 0.3) is 0 Å². The van der Waals surface area contributed by atoms with E-state index in [1.807, 2.05) is 17.0 Å². The SMILES string of the molecule is CCCN1CCN(C(=O)Cc2ccccc2C)CC1. The normalized spacial score (nSPS) is 16.6. The van der Waals surface area contributed by atoms with Crippen LogP contribution in [-0.2, 0) is 11.2 Å². The first-order chi connectivity index (χ1) is 9.20.